The summed E-state index contributed by atoms with van der Waals surface area (Å²) in [7, 11) is 0. The highest BCUT2D eigenvalue weighted by Crippen LogP contribution is 2.35. The fourth-order valence-electron chi connectivity index (χ4n) is 2.23. The smallest absolute Gasteiger partial charge is 0.350 e. The van der Waals surface area contributed by atoms with Crippen LogP contribution < -0.4 is 5.73 Å². The van der Waals surface area contributed by atoms with E-state index in [0.29, 0.717) is 30.4 Å². The number of anilines is 1. The first-order chi connectivity index (χ1) is 9.69. The second kappa shape index (κ2) is 5.26. The van der Waals surface area contributed by atoms with Gasteiger partial charge in [0.2, 0.25) is 0 Å². The molecule has 1 aromatic carbocycles. The van der Waals surface area contributed by atoms with Crippen LogP contribution in [-0.2, 0) is 22.7 Å². The zero-order chi connectivity index (χ0) is 14.1. The van der Waals surface area contributed by atoms with Gasteiger partial charge in [0, 0.05) is 4.88 Å². The Labute approximate surface area is 121 Å². The number of fused-ring (bicyclic) bond motifs is 1. The van der Waals surface area contributed by atoms with Crippen LogP contribution in [0.1, 0.15) is 27.7 Å². The largest absolute Gasteiger partial charge is 0.462 e. The summed E-state index contributed by atoms with van der Waals surface area (Å²) in [5.41, 5.74) is 9.86. The van der Waals surface area contributed by atoms with Gasteiger partial charge in [0.1, 0.15) is 4.88 Å². The maximum absolute atomic E-state index is 11.8. The maximum Gasteiger partial charge on any atom is 0.350 e. The SMILES string of the molecule is CCOC(=O)c1sc(-c2ccc3c(c2)COC3)cc1N. The Hall–Kier alpha value is -1.85. The molecule has 5 heteroatoms. The topological polar surface area (TPSA) is 61.5 Å². The van der Waals surface area contributed by atoms with E-state index in [9.17, 15) is 4.79 Å². The number of esters is 1. The molecule has 4 nitrogen and oxygen atoms in total. The lowest BCUT2D eigenvalue weighted by molar-refractivity contribution is 0.0533. The number of thiophene rings is 1. The number of hydrogen-bond acceptors (Lipinski definition) is 5. The number of carbonyl (C=O) groups excluding carboxylic acids is 1. The fourth-order valence-corrected chi connectivity index (χ4v) is 3.20. The quantitative estimate of drug-likeness (QED) is 0.881. The lowest BCUT2D eigenvalue weighted by atomic mass is 10.1. The average molecular weight is 289 g/mol. The molecule has 0 bridgehead atoms. The summed E-state index contributed by atoms with van der Waals surface area (Å²) >= 11 is 1.37. The molecule has 2 N–H and O–H groups in total. The molecule has 0 atom stereocenters. The molecule has 0 aliphatic carbocycles. The van der Waals surface area contributed by atoms with E-state index in [4.69, 9.17) is 15.2 Å². The van der Waals surface area contributed by atoms with Gasteiger partial charge in [-0.05, 0) is 35.7 Å². The van der Waals surface area contributed by atoms with E-state index in [2.05, 4.69) is 12.1 Å². The Kier molecular flexibility index (Phi) is 3.46. The third kappa shape index (κ3) is 2.30. The van der Waals surface area contributed by atoms with Gasteiger partial charge in [-0.15, -0.1) is 11.3 Å². The zero-order valence-corrected chi connectivity index (χ0v) is 12.0. The lowest BCUT2D eigenvalue weighted by Gasteiger charge is -2.01. The standard InChI is InChI=1S/C15H15NO3S/c1-2-19-15(17)14-12(16)6-13(20-14)9-3-4-10-7-18-8-11(10)5-9/h3-6H,2,7-8,16H2,1H3. The van der Waals surface area contributed by atoms with Crippen LogP contribution in [0.25, 0.3) is 10.4 Å². The second-order valence-electron chi connectivity index (χ2n) is 4.59. The number of ether oxygens (including phenoxy) is 2. The first-order valence-corrected chi connectivity index (χ1v) is 7.27. The van der Waals surface area contributed by atoms with Gasteiger partial charge >= 0.3 is 5.97 Å². The first kappa shape index (κ1) is 13.1. The van der Waals surface area contributed by atoms with E-state index < -0.39 is 0 Å². The molecule has 0 spiro atoms. The second-order valence-corrected chi connectivity index (χ2v) is 5.64. The van der Waals surface area contributed by atoms with Crippen molar-refractivity contribution in [1.82, 2.24) is 0 Å². The minimum absolute atomic E-state index is 0.349. The summed E-state index contributed by atoms with van der Waals surface area (Å²) in [6.45, 7) is 3.45. The van der Waals surface area contributed by atoms with Gasteiger partial charge in [-0.2, -0.15) is 0 Å². The van der Waals surface area contributed by atoms with Crippen molar-refractivity contribution in [2.45, 2.75) is 20.1 Å². The Balaban J connectivity index is 1.95. The van der Waals surface area contributed by atoms with Crippen molar-refractivity contribution in [3.05, 3.63) is 40.3 Å². The molecule has 0 saturated carbocycles. The molecule has 0 unspecified atom stereocenters. The van der Waals surface area contributed by atoms with Crippen LogP contribution in [-0.4, -0.2) is 12.6 Å². The summed E-state index contributed by atoms with van der Waals surface area (Å²) in [5.74, 6) is -0.356. The molecule has 0 fully saturated rings. The number of hydrogen-bond donors (Lipinski definition) is 1. The summed E-state index contributed by atoms with van der Waals surface area (Å²) in [4.78, 5) is 13.2. The van der Waals surface area contributed by atoms with Crippen LogP contribution in [0.5, 0.6) is 0 Å². The van der Waals surface area contributed by atoms with E-state index in [1.54, 1.807) is 6.92 Å². The van der Waals surface area contributed by atoms with Gasteiger partial charge in [0.15, 0.2) is 0 Å². The van der Waals surface area contributed by atoms with Crippen LogP contribution in [0.15, 0.2) is 24.3 Å². The van der Waals surface area contributed by atoms with E-state index >= 15 is 0 Å². The Bertz CT molecular complexity index is 663. The Morgan fingerprint density at radius 1 is 1.35 bits per heavy atom. The van der Waals surface area contributed by atoms with Crippen molar-refractivity contribution in [3.8, 4) is 10.4 Å². The highest BCUT2D eigenvalue weighted by molar-refractivity contribution is 7.18. The zero-order valence-electron chi connectivity index (χ0n) is 11.1. The van der Waals surface area contributed by atoms with Crippen molar-refractivity contribution in [3.63, 3.8) is 0 Å². The predicted molar refractivity (Wildman–Crippen MR) is 78.6 cm³/mol. The van der Waals surface area contributed by atoms with Crippen LogP contribution in [0.3, 0.4) is 0 Å². The van der Waals surface area contributed by atoms with Gasteiger partial charge in [0.05, 0.1) is 25.5 Å². The summed E-state index contributed by atoms with van der Waals surface area (Å²) < 4.78 is 10.4. The molecule has 1 aliphatic heterocycles. The minimum atomic E-state index is -0.356. The summed E-state index contributed by atoms with van der Waals surface area (Å²) in [6.07, 6.45) is 0. The normalized spacial score (nSPS) is 13.2. The number of carbonyl (C=O) groups is 1. The summed E-state index contributed by atoms with van der Waals surface area (Å²) in [5, 5.41) is 0. The highest BCUT2D eigenvalue weighted by Gasteiger charge is 2.18. The molecular weight excluding hydrogens is 274 g/mol. The fraction of sp³-hybridized carbons (Fsp3) is 0.267. The van der Waals surface area contributed by atoms with Crippen molar-refractivity contribution >= 4 is 23.0 Å². The minimum Gasteiger partial charge on any atom is -0.462 e. The number of nitrogens with two attached hydrogens (primary N) is 1. The van der Waals surface area contributed by atoms with Gasteiger partial charge < -0.3 is 15.2 Å². The molecule has 2 aromatic rings. The van der Waals surface area contributed by atoms with Crippen molar-refractivity contribution < 1.29 is 14.3 Å². The third-order valence-corrected chi connectivity index (χ3v) is 4.41. The lowest BCUT2D eigenvalue weighted by Crippen LogP contribution is -2.04. The molecule has 3 rings (SSSR count). The Morgan fingerprint density at radius 2 is 2.15 bits per heavy atom. The summed E-state index contributed by atoms with van der Waals surface area (Å²) in [6, 6.07) is 8.03. The average Bonchev–Trinajstić information content (AvgIpc) is 3.04. The van der Waals surface area contributed by atoms with Gasteiger partial charge in [-0.25, -0.2) is 4.79 Å². The van der Waals surface area contributed by atoms with Gasteiger partial charge in [0.25, 0.3) is 0 Å². The maximum atomic E-state index is 11.8. The molecule has 0 radical (unpaired) electrons. The molecule has 20 heavy (non-hydrogen) atoms. The number of nitrogen functional groups attached to an aromatic ring is 1. The third-order valence-electron chi connectivity index (χ3n) is 3.23. The van der Waals surface area contributed by atoms with E-state index in [1.807, 2.05) is 12.1 Å². The molecule has 104 valence electrons. The molecule has 2 heterocycles. The highest BCUT2D eigenvalue weighted by atomic mass is 32.1. The van der Waals surface area contributed by atoms with Crippen molar-refractivity contribution in [1.29, 1.82) is 0 Å². The number of rotatable bonds is 3. The van der Waals surface area contributed by atoms with Crippen LogP contribution in [0.4, 0.5) is 5.69 Å². The van der Waals surface area contributed by atoms with Crippen LogP contribution in [0, 0.1) is 0 Å². The van der Waals surface area contributed by atoms with E-state index in [-0.39, 0.29) is 5.97 Å². The Morgan fingerprint density at radius 3 is 2.95 bits per heavy atom. The molecule has 0 amide bonds. The van der Waals surface area contributed by atoms with Crippen molar-refractivity contribution in [2.24, 2.45) is 0 Å². The van der Waals surface area contributed by atoms with E-state index in [0.717, 1.165) is 10.4 Å². The van der Waals surface area contributed by atoms with Crippen molar-refractivity contribution in [2.75, 3.05) is 12.3 Å². The molecular formula is C15H15NO3S. The molecule has 1 aliphatic rings. The van der Waals surface area contributed by atoms with Crippen LogP contribution in [0.2, 0.25) is 0 Å². The van der Waals surface area contributed by atoms with E-state index in [1.165, 1.54) is 22.5 Å². The van der Waals surface area contributed by atoms with Crippen LogP contribution >= 0.6 is 11.3 Å². The van der Waals surface area contributed by atoms with Gasteiger partial charge in [-0.3, -0.25) is 0 Å². The predicted octanol–water partition coefficient (Wildman–Crippen LogP) is 3.20. The number of benzene rings is 1. The first-order valence-electron chi connectivity index (χ1n) is 6.45. The monoisotopic (exact) mass is 289 g/mol. The van der Waals surface area contributed by atoms with Gasteiger partial charge in [-0.1, -0.05) is 12.1 Å². The molecule has 1 aromatic heterocycles. The molecule has 0 saturated heterocycles.